The smallest absolute Gasteiger partial charge is 0.150 e. The molecule has 0 saturated carbocycles. The molecular weight excluding hydrogens is 372 g/mol. The molecule has 0 unspecified atom stereocenters. The molecule has 0 bridgehead atoms. The van der Waals surface area contributed by atoms with Gasteiger partial charge in [-0.1, -0.05) is 24.3 Å². The molecule has 1 aliphatic carbocycles. The molecule has 4 rings (SSSR count). The molecular formula is C26H26N2O2. The van der Waals surface area contributed by atoms with Gasteiger partial charge in [-0.2, -0.15) is 0 Å². The van der Waals surface area contributed by atoms with Gasteiger partial charge in [0.25, 0.3) is 0 Å². The number of rotatable bonds is 5. The lowest BCUT2D eigenvalue weighted by Crippen LogP contribution is -2.09. The molecule has 1 aliphatic heterocycles. The fraction of sp³-hybridized carbons (Fsp3) is 0.231. The predicted molar refractivity (Wildman–Crippen MR) is 123 cm³/mol. The summed E-state index contributed by atoms with van der Waals surface area (Å²) in [4.78, 5) is 16.4. The first-order valence-electron chi connectivity index (χ1n) is 10.4. The topological polar surface area (TPSA) is 54.6 Å². The van der Waals surface area contributed by atoms with Crippen LogP contribution in [0.15, 0.2) is 57.9 Å². The van der Waals surface area contributed by atoms with E-state index in [1.165, 1.54) is 0 Å². The molecule has 0 amide bonds. The standard InChI is InChI=1S/C26H26N2O2/c1-5-27-22-13-24-20(11-16(22)3)26(19-10-8-7-9-18(19)15-29)21-12-17(4)23(28-6-2)14-25(21)30-24/h7-15,27H,5-6H2,1-4H3. The summed E-state index contributed by atoms with van der Waals surface area (Å²) in [5.41, 5.74) is 7.64. The third kappa shape index (κ3) is 3.39. The van der Waals surface area contributed by atoms with Gasteiger partial charge in [-0.05, 0) is 56.5 Å². The van der Waals surface area contributed by atoms with Crippen molar-refractivity contribution in [3.05, 3.63) is 70.6 Å². The van der Waals surface area contributed by atoms with Crippen LogP contribution in [0, 0.1) is 13.8 Å². The summed E-state index contributed by atoms with van der Waals surface area (Å²) in [6.07, 6.45) is 0.921. The fourth-order valence-electron chi connectivity index (χ4n) is 4.03. The summed E-state index contributed by atoms with van der Waals surface area (Å²) in [6, 6.07) is 16.1. The van der Waals surface area contributed by atoms with Gasteiger partial charge in [-0.3, -0.25) is 9.79 Å². The van der Waals surface area contributed by atoms with Gasteiger partial charge < -0.3 is 9.73 Å². The Morgan fingerprint density at radius 3 is 2.53 bits per heavy atom. The fourth-order valence-corrected chi connectivity index (χ4v) is 4.03. The van der Waals surface area contributed by atoms with E-state index in [-0.39, 0.29) is 0 Å². The van der Waals surface area contributed by atoms with Crippen LogP contribution in [0.3, 0.4) is 0 Å². The van der Waals surface area contributed by atoms with Gasteiger partial charge in [0.1, 0.15) is 11.3 Å². The molecule has 0 spiro atoms. The Morgan fingerprint density at radius 1 is 1.00 bits per heavy atom. The Labute approximate surface area is 176 Å². The normalized spacial score (nSPS) is 11.9. The summed E-state index contributed by atoms with van der Waals surface area (Å²) < 4.78 is 6.38. The van der Waals surface area contributed by atoms with Crippen LogP contribution in [0.25, 0.3) is 33.4 Å². The molecule has 0 aromatic heterocycles. The third-order valence-electron chi connectivity index (χ3n) is 5.44. The van der Waals surface area contributed by atoms with Crippen LogP contribution in [0.5, 0.6) is 0 Å². The van der Waals surface area contributed by atoms with Crippen LogP contribution in [0.4, 0.5) is 5.69 Å². The molecule has 1 N–H and O–H groups in total. The van der Waals surface area contributed by atoms with Gasteiger partial charge in [0.15, 0.2) is 6.29 Å². The number of hydrogen-bond acceptors (Lipinski definition) is 4. The van der Waals surface area contributed by atoms with Crippen molar-refractivity contribution in [2.75, 3.05) is 18.4 Å². The van der Waals surface area contributed by atoms with Crippen LogP contribution in [-0.2, 0) is 0 Å². The number of nitrogens with one attached hydrogen (secondary N) is 1. The van der Waals surface area contributed by atoms with Crippen molar-refractivity contribution in [2.45, 2.75) is 27.7 Å². The first-order chi connectivity index (χ1) is 14.6. The molecule has 0 radical (unpaired) electrons. The summed E-state index contributed by atoms with van der Waals surface area (Å²) >= 11 is 0. The lowest BCUT2D eigenvalue weighted by molar-refractivity contribution is 0.112. The average Bonchev–Trinajstić information content (AvgIpc) is 2.74. The van der Waals surface area contributed by atoms with Crippen molar-refractivity contribution < 1.29 is 9.21 Å². The van der Waals surface area contributed by atoms with E-state index in [1.807, 2.05) is 37.3 Å². The Bertz CT molecular complexity index is 1280. The number of carbonyl (C=O) groups excluding carboxylic acids is 1. The molecule has 30 heavy (non-hydrogen) atoms. The first-order valence-corrected chi connectivity index (χ1v) is 10.4. The highest BCUT2D eigenvalue weighted by Gasteiger charge is 2.20. The van der Waals surface area contributed by atoms with Gasteiger partial charge in [0.2, 0.25) is 0 Å². The zero-order chi connectivity index (χ0) is 21.3. The Hall–Kier alpha value is -3.40. The van der Waals surface area contributed by atoms with E-state index in [2.05, 4.69) is 49.3 Å². The second-order valence-electron chi connectivity index (χ2n) is 7.48. The van der Waals surface area contributed by atoms with E-state index >= 15 is 0 Å². The number of carbonyl (C=O) groups is 1. The number of benzene rings is 3. The maximum atomic E-state index is 11.8. The number of nitrogens with zero attached hydrogens (tertiary/aromatic N) is 1. The molecule has 0 saturated heterocycles. The zero-order valence-corrected chi connectivity index (χ0v) is 17.9. The van der Waals surface area contributed by atoms with Crippen LogP contribution < -0.4 is 10.7 Å². The maximum absolute atomic E-state index is 11.8. The largest absolute Gasteiger partial charge is 0.456 e. The van der Waals surface area contributed by atoms with Gasteiger partial charge in [0.05, 0.1) is 5.36 Å². The Kier molecular flexibility index (Phi) is 5.40. The summed E-state index contributed by atoms with van der Waals surface area (Å²) in [5, 5.41) is 5.33. The minimum absolute atomic E-state index is 0.666. The van der Waals surface area contributed by atoms with Gasteiger partial charge in [-0.25, -0.2) is 0 Å². The van der Waals surface area contributed by atoms with Crippen LogP contribution in [-0.4, -0.2) is 19.4 Å². The molecule has 4 nitrogen and oxygen atoms in total. The van der Waals surface area contributed by atoms with E-state index in [4.69, 9.17) is 4.42 Å². The summed E-state index contributed by atoms with van der Waals surface area (Å²) in [5.74, 6) is 0.766. The number of anilines is 1. The molecule has 0 atom stereocenters. The maximum Gasteiger partial charge on any atom is 0.150 e. The predicted octanol–water partition coefficient (Wildman–Crippen LogP) is 5.99. The van der Waals surface area contributed by atoms with Crippen LogP contribution in [0.1, 0.15) is 35.3 Å². The van der Waals surface area contributed by atoms with Crippen molar-refractivity contribution in [2.24, 2.45) is 4.99 Å². The Balaban J connectivity index is 2.19. The molecule has 2 aliphatic rings. The molecule has 152 valence electrons. The lowest BCUT2D eigenvalue weighted by atomic mass is 9.89. The second-order valence-corrected chi connectivity index (χ2v) is 7.48. The van der Waals surface area contributed by atoms with Gasteiger partial charge in [0, 0.05) is 53.0 Å². The molecule has 4 heteroatoms. The first kappa shape index (κ1) is 19.9. The quantitative estimate of drug-likeness (QED) is 0.332. The van der Waals surface area contributed by atoms with Crippen molar-refractivity contribution in [3.8, 4) is 22.5 Å². The average molecular weight is 399 g/mol. The highest BCUT2D eigenvalue weighted by Crippen LogP contribution is 2.42. The van der Waals surface area contributed by atoms with Gasteiger partial charge >= 0.3 is 0 Å². The zero-order valence-electron chi connectivity index (χ0n) is 17.9. The molecule has 2 aromatic rings. The van der Waals surface area contributed by atoms with Crippen LogP contribution >= 0.6 is 0 Å². The van der Waals surface area contributed by atoms with Crippen molar-refractivity contribution >= 4 is 22.9 Å². The monoisotopic (exact) mass is 398 g/mol. The summed E-state index contributed by atoms with van der Waals surface area (Å²) in [7, 11) is 0. The number of aryl methyl sites for hydroxylation is 2. The second kappa shape index (κ2) is 8.15. The number of hydrogen-bond donors (Lipinski definition) is 1. The highest BCUT2D eigenvalue weighted by atomic mass is 16.3. The van der Waals surface area contributed by atoms with Crippen molar-refractivity contribution in [1.82, 2.24) is 0 Å². The van der Waals surface area contributed by atoms with E-state index in [0.29, 0.717) is 12.1 Å². The third-order valence-corrected chi connectivity index (χ3v) is 5.44. The lowest BCUT2D eigenvalue weighted by Gasteiger charge is -2.19. The van der Waals surface area contributed by atoms with Crippen LogP contribution in [0.2, 0.25) is 0 Å². The number of aldehydes is 1. The van der Waals surface area contributed by atoms with Gasteiger partial charge in [-0.15, -0.1) is 0 Å². The minimum atomic E-state index is 0.666. The van der Waals surface area contributed by atoms with Crippen molar-refractivity contribution in [3.63, 3.8) is 0 Å². The van der Waals surface area contributed by atoms with E-state index in [1.54, 1.807) is 0 Å². The molecule has 2 aromatic carbocycles. The number of fused-ring (bicyclic) bond motifs is 2. The molecule has 0 fully saturated rings. The SMILES string of the molecule is CCN=c1cc2oc3cc(NCC)c(C)cc3c(-c3ccccc3C=O)c-2cc1C. The van der Waals surface area contributed by atoms with E-state index < -0.39 is 0 Å². The van der Waals surface area contributed by atoms with E-state index in [9.17, 15) is 4.79 Å². The summed E-state index contributed by atoms with van der Waals surface area (Å²) in [6.45, 7) is 9.80. The van der Waals surface area contributed by atoms with Crippen molar-refractivity contribution in [1.29, 1.82) is 0 Å². The highest BCUT2D eigenvalue weighted by molar-refractivity contribution is 6.06. The molecule has 1 heterocycles. The Morgan fingerprint density at radius 2 is 1.80 bits per heavy atom. The van der Waals surface area contributed by atoms with E-state index in [0.717, 1.165) is 68.4 Å². The minimum Gasteiger partial charge on any atom is -0.456 e.